The average Bonchev–Trinajstić information content (AvgIpc) is 2.84. The van der Waals surface area contributed by atoms with Crippen LogP contribution in [0.25, 0.3) is 16.8 Å². The number of hydrogen-bond donors (Lipinski definition) is 1. The molecule has 0 aliphatic carbocycles. The first-order valence-corrected chi connectivity index (χ1v) is 12.2. The van der Waals surface area contributed by atoms with Crippen molar-refractivity contribution in [1.82, 2.24) is 14.1 Å². The highest BCUT2D eigenvalue weighted by Gasteiger charge is 2.26. The summed E-state index contributed by atoms with van der Waals surface area (Å²) in [4.78, 5) is 31.1. The van der Waals surface area contributed by atoms with Gasteiger partial charge in [-0.15, -0.1) is 0 Å². The maximum absolute atomic E-state index is 13.9. The number of nitrogens with zero attached hydrogens (tertiary/aromatic N) is 4. The largest absolute Gasteiger partial charge is 0.338 e. The highest BCUT2D eigenvalue weighted by molar-refractivity contribution is 7.92. The number of nitriles is 1. The van der Waals surface area contributed by atoms with Crippen LogP contribution in [-0.2, 0) is 16.6 Å². The third kappa shape index (κ3) is 4.64. The SMILES string of the molecule is Cc1cncc(-n2c(=O)c(-c3ccc(F)c(Cl)c3)c(NS(=O)(=O)c3ccccc3)n(CC#N)c2=O)c1. The fourth-order valence-electron chi connectivity index (χ4n) is 3.56. The van der Waals surface area contributed by atoms with Gasteiger partial charge in [0.2, 0.25) is 0 Å². The Balaban J connectivity index is 2.12. The van der Waals surface area contributed by atoms with E-state index in [1.807, 2.05) is 6.07 Å². The van der Waals surface area contributed by atoms with Crippen LogP contribution in [0.4, 0.5) is 10.2 Å². The highest BCUT2D eigenvalue weighted by atomic mass is 35.5. The Kier molecular flexibility index (Phi) is 6.74. The lowest BCUT2D eigenvalue weighted by molar-refractivity contribution is 0.599. The molecule has 4 rings (SSSR count). The predicted molar refractivity (Wildman–Crippen MR) is 132 cm³/mol. The van der Waals surface area contributed by atoms with Crippen LogP contribution in [0.3, 0.4) is 0 Å². The normalized spacial score (nSPS) is 11.2. The van der Waals surface area contributed by atoms with Gasteiger partial charge in [-0.2, -0.15) is 5.26 Å². The summed E-state index contributed by atoms with van der Waals surface area (Å²) in [6.45, 7) is 1.10. The number of pyridine rings is 1. The maximum Gasteiger partial charge on any atom is 0.338 e. The highest BCUT2D eigenvalue weighted by Crippen LogP contribution is 2.29. The van der Waals surface area contributed by atoms with E-state index in [9.17, 15) is 27.7 Å². The molecule has 2 aromatic carbocycles. The molecule has 0 bridgehead atoms. The minimum absolute atomic E-state index is 0.0261. The van der Waals surface area contributed by atoms with Crippen molar-refractivity contribution in [3.8, 4) is 22.9 Å². The number of hydrogen-bond acceptors (Lipinski definition) is 6. The van der Waals surface area contributed by atoms with Crippen LogP contribution in [0.5, 0.6) is 0 Å². The van der Waals surface area contributed by atoms with Crippen LogP contribution in [0.1, 0.15) is 5.56 Å². The molecule has 2 heterocycles. The molecule has 36 heavy (non-hydrogen) atoms. The van der Waals surface area contributed by atoms with Crippen LogP contribution >= 0.6 is 11.6 Å². The van der Waals surface area contributed by atoms with Gasteiger partial charge in [-0.25, -0.2) is 22.2 Å². The van der Waals surface area contributed by atoms with E-state index in [2.05, 4.69) is 9.71 Å². The van der Waals surface area contributed by atoms with Gasteiger partial charge in [-0.3, -0.25) is 19.1 Å². The molecule has 0 amide bonds. The summed E-state index contributed by atoms with van der Waals surface area (Å²) in [6.07, 6.45) is 2.80. The standard InChI is InChI=1S/C24H17ClFN5O4S/c1-15-11-17(14-28-13-15)31-23(32)21(16-7-8-20(26)19(25)12-16)22(30(10-9-27)24(31)33)29-36(34,35)18-5-3-2-4-6-18/h2-8,11-14,29H,10H2,1H3. The first-order valence-electron chi connectivity index (χ1n) is 10.4. The smallest absolute Gasteiger partial charge is 0.268 e. The minimum atomic E-state index is -4.31. The monoisotopic (exact) mass is 525 g/mol. The van der Waals surface area contributed by atoms with E-state index in [0.29, 0.717) is 5.56 Å². The van der Waals surface area contributed by atoms with Crippen molar-refractivity contribution >= 4 is 27.4 Å². The zero-order valence-corrected chi connectivity index (χ0v) is 20.2. The van der Waals surface area contributed by atoms with Crippen LogP contribution in [0.2, 0.25) is 5.02 Å². The molecule has 2 aromatic heterocycles. The molecular weight excluding hydrogens is 509 g/mol. The molecule has 0 saturated heterocycles. The molecule has 12 heteroatoms. The third-order valence-electron chi connectivity index (χ3n) is 5.19. The van der Waals surface area contributed by atoms with E-state index in [-0.39, 0.29) is 26.7 Å². The third-order valence-corrected chi connectivity index (χ3v) is 6.83. The zero-order chi connectivity index (χ0) is 26.0. The lowest BCUT2D eigenvalue weighted by Gasteiger charge is -2.19. The van der Waals surface area contributed by atoms with Crippen molar-refractivity contribution in [2.75, 3.05) is 4.72 Å². The van der Waals surface area contributed by atoms with E-state index >= 15 is 0 Å². The first-order chi connectivity index (χ1) is 17.1. The second kappa shape index (κ2) is 9.77. The fourth-order valence-corrected chi connectivity index (χ4v) is 4.84. The molecule has 0 fully saturated rings. The Bertz CT molecular complexity index is 1750. The molecule has 0 atom stereocenters. The molecule has 0 aliphatic rings. The number of aryl methyl sites for hydroxylation is 1. The van der Waals surface area contributed by atoms with Gasteiger partial charge in [-0.05, 0) is 48.4 Å². The maximum atomic E-state index is 13.9. The van der Waals surface area contributed by atoms with Gasteiger partial charge < -0.3 is 0 Å². The van der Waals surface area contributed by atoms with E-state index in [0.717, 1.165) is 21.3 Å². The Morgan fingerprint density at radius 3 is 2.47 bits per heavy atom. The van der Waals surface area contributed by atoms with Crippen LogP contribution in [-0.4, -0.2) is 22.5 Å². The number of nitrogens with one attached hydrogen (secondary N) is 1. The number of sulfonamides is 1. The quantitative estimate of drug-likeness (QED) is 0.410. The van der Waals surface area contributed by atoms with Crippen molar-refractivity contribution in [2.24, 2.45) is 0 Å². The lowest BCUT2D eigenvalue weighted by atomic mass is 10.1. The number of halogens is 2. The Hall–Kier alpha value is -4.27. The topological polar surface area (TPSA) is 127 Å². The number of aromatic nitrogens is 3. The van der Waals surface area contributed by atoms with Crippen LogP contribution < -0.4 is 16.0 Å². The number of anilines is 1. The van der Waals surface area contributed by atoms with E-state index in [4.69, 9.17) is 11.6 Å². The molecule has 0 spiro atoms. The summed E-state index contributed by atoms with van der Waals surface area (Å²) in [5, 5.41) is 9.12. The fraction of sp³-hybridized carbons (Fsp3) is 0.0833. The Morgan fingerprint density at radius 2 is 1.83 bits per heavy atom. The second-order valence-corrected chi connectivity index (χ2v) is 9.75. The molecule has 0 radical (unpaired) electrons. The molecule has 9 nitrogen and oxygen atoms in total. The van der Waals surface area contributed by atoms with E-state index < -0.39 is 39.5 Å². The van der Waals surface area contributed by atoms with Gasteiger partial charge >= 0.3 is 5.69 Å². The summed E-state index contributed by atoms with van der Waals surface area (Å²) in [5.41, 5.74) is -1.44. The summed E-state index contributed by atoms with van der Waals surface area (Å²) in [6, 6.07) is 14.0. The second-order valence-electron chi connectivity index (χ2n) is 7.66. The van der Waals surface area contributed by atoms with Gasteiger partial charge in [0, 0.05) is 6.20 Å². The van der Waals surface area contributed by atoms with Crippen LogP contribution in [0, 0.1) is 24.1 Å². The molecule has 0 aliphatic heterocycles. The first kappa shape index (κ1) is 24.8. The molecular formula is C24H17ClFN5O4S. The Labute approximate surface area is 209 Å². The van der Waals surface area contributed by atoms with Gasteiger partial charge in [-0.1, -0.05) is 35.9 Å². The summed E-state index contributed by atoms with van der Waals surface area (Å²) < 4.78 is 44.1. The lowest BCUT2D eigenvalue weighted by Crippen LogP contribution is -2.41. The Morgan fingerprint density at radius 1 is 1.11 bits per heavy atom. The van der Waals surface area contributed by atoms with Crippen LogP contribution in [0.15, 0.2) is 81.5 Å². The minimum Gasteiger partial charge on any atom is -0.268 e. The van der Waals surface area contributed by atoms with Crippen molar-refractivity contribution in [3.05, 3.63) is 104 Å². The summed E-state index contributed by atoms with van der Waals surface area (Å²) >= 11 is 5.95. The predicted octanol–water partition coefficient (Wildman–Crippen LogP) is 3.49. The van der Waals surface area contributed by atoms with Gasteiger partial charge in [0.25, 0.3) is 15.6 Å². The van der Waals surface area contributed by atoms with Gasteiger partial charge in [0.15, 0.2) is 0 Å². The van der Waals surface area contributed by atoms with Crippen molar-refractivity contribution in [1.29, 1.82) is 5.26 Å². The van der Waals surface area contributed by atoms with Crippen molar-refractivity contribution in [2.45, 2.75) is 18.4 Å². The van der Waals surface area contributed by atoms with Crippen molar-refractivity contribution < 1.29 is 12.8 Å². The summed E-state index contributed by atoms with van der Waals surface area (Å²) in [5.74, 6) is -1.23. The molecule has 0 saturated carbocycles. The summed E-state index contributed by atoms with van der Waals surface area (Å²) in [7, 11) is -4.31. The average molecular weight is 526 g/mol. The molecule has 182 valence electrons. The molecule has 0 unspecified atom stereocenters. The van der Waals surface area contributed by atoms with E-state index in [1.165, 1.54) is 48.8 Å². The molecule has 1 N–H and O–H groups in total. The zero-order valence-electron chi connectivity index (χ0n) is 18.6. The van der Waals surface area contributed by atoms with Gasteiger partial charge in [0.05, 0.1) is 33.4 Å². The molecule has 4 aromatic rings. The van der Waals surface area contributed by atoms with Gasteiger partial charge in [0.1, 0.15) is 18.2 Å². The number of rotatable bonds is 6. The number of benzene rings is 2. The van der Waals surface area contributed by atoms with Crippen molar-refractivity contribution in [3.63, 3.8) is 0 Å². The van der Waals surface area contributed by atoms with E-state index in [1.54, 1.807) is 13.0 Å².